The minimum Gasteiger partial charge on any atom is -0.465 e. The number of nitrogens with zero attached hydrogens (tertiary/aromatic N) is 2. The highest BCUT2D eigenvalue weighted by molar-refractivity contribution is 6.31. The third-order valence-electron chi connectivity index (χ3n) is 6.98. The molecule has 1 aromatic rings. The van der Waals surface area contributed by atoms with Crippen molar-refractivity contribution in [1.29, 1.82) is 0 Å². The van der Waals surface area contributed by atoms with E-state index >= 15 is 0 Å². The van der Waals surface area contributed by atoms with Crippen LogP contribution in [0.4, 0.5) is 19.3 Å². The highest BCUT2D eigenvalue weighted by atomic mass is 35.5. The average molecular weight is 501 g/mol. The van der Waals surface area contributed by atoms with Crippen molar-refractivity contribution >= 4 is 35.2 Å². The summed E-state index contributed by atoms with van der Waals surface area (Å²) in [6.45, 7) is 8.00. The number of benzene rings is 1. The van der Waals surface area contributed by atoms with Gasteiger partial charge in [-0.25, -0.2) is 18.5 Å². The molecule has 34 heavy (non-hydrogen) atoms. The van der Waals surface area contributed by atoms with Crippen LogP contribution in [0.3, 0.4) is 0 Å². The van der Waals surface area contributed by atoms with Gasteiger partial charge in [0.25, 0.3) is 11.8 Å². The van der Waals surface area contributed by atoms with E-state index in [0.29, 0.717) is 23.8 Å². The summed E-state index contributed by atoms with van der Waals surface area (Å²) in [7, 11) is 1.21. The molecule has 8 nitrogen and oxygen atoms in total. The van der Waals surface area contributed by atoms with E-state index in [1.165, 1.54) is 7.05 Å². The second kappa shape index (κ2) is 7.35. The fourth-order valence-corrected chi connectivity index (χ4v) is 5.63. The smallest absolute Gasteiger partial charge is 0.415 e. The van der Waals surface area contributed by atoms with Gasteiger partial charge in [-0.3, -0.25) is 9.59 Å². The van der Waals surface area contributed by atoms with Crippen LogP contribution in [0.5, 0.6) is 0 Å². The lowest BCUT2D eigenvalue weighted by molar-refractivity contribution is -0.197. The molecule has 1 aromatic carbocycles. The van der Waals surface area contributed by atoms with Crippen LogP contribution < -0.4 is 4.90 Å². The first kappa shape index (κ1) is 24.8. The normalized spacial score (nSPS) is 30.4. The fourth-order valence-electron chi connectivity index (χ4n) is 5.47. The van der Waals surface area contributed by atoms with Crippen molar-refractivity contribution in [3.8, 4) is 0 Å². The van der Waals surface area contributed by atoms with Gasteiger partial charge in [0.15, 0.2) is 16.9 Å². The zero-order valence-corrected chi connectivity index (χ0v) is 20.5. The number of carbonyl (C=O) groups is 3. The molecule has 1 aliphatic carbocycles. The highest BCUT2D eigenvalue weighted by Crippen LogP contribution is 2.63. The molecular weight excluding hydrogens is 474 g/mol. The lowest BCUT2D eigenvalue weighted by Crippen LogP contribution is -2.70. The number of ether oxygens (including phenoxy) is 2. The number of rotatable bonds is 3. The molecule has 0 aromatic heterocycles. The van der Waals surface area contributed by atoms with Gasteiger partial charge in [-0.2, -0.15) is 0 Å². The van der Waals surface area contributed by atoms with E-state index in [1.54, 1.807) is 34.6 Å². The number of carbonyl (C=O) groups excluding carboxylic acids is 2. The Bertz CT molecular complexity index is 1100. The zero-order valence-electron chi connectivity index (χ0n) is 19.7. The Morgan fingerprint density at radius 2 is 1.79 bits per heavy atom. The summed E-state index contributed by atoms with van der Waals surface area (Å²) in [6.07, 6.45) is -1.76. The second-order valence-corrected chi connectivity index (χ2v) is 11.0. The topological polar surface area (TPSA) is 96.4 Å². The standard InChI is InChI=1S/C23H27ClF2N2O6/c1-20(2,3)23(18(30)27(6)15-9-12(24)13(25)10-14(15)26)16-22(11-7-8-11,34-21(4,5)33-16)17(29)28(23)19(31)32/h9-11,16H,7-8H2,1-6H3,(H,31,32)/t16-,22+,23+/m1/s1. The fraction of sp³-hybridized carbons (Fsp3) is 0.609. The Hall–Kier alpha value is -2.30. The second-order valence-electron chi connectivity index (χ2n) is 10.6. The number of amides is 3. The summed E-state index contributed by atoms with van der Waals surface area (Å²) in [4.78, 5) is 42.0. The summed E-state index contributed by atoms with van der Waals surface area (Å²) < 4.78 is 40.8. The van der Waals surface area contributed by atoms with E-state index in [9.17, 15) is 28.3 Å². The first-order valence-corrected chi connectivity index (χ1v) is 11.3. The molecule has 2 heterocycles. The number of fused-ring (bicyclic) bond motifs is 1. The minimum absolute atomic E-state index is 0.340. The molecule has 3 fully saturated rings. The minimum atomic E-state index is -2.13. The van der Waals surface area contributed by atoms with Crippen LogP contribution in [-0.2, 0) is 19.1 Å². The third kappa shape index (κ3) is 3.11. The van der Waals surface area contributed by atoms with Crippen LogP contribution in [0.25, 0.3) is 0 Å². The van der Waals surface area contributed by atoms with Gasteiger partial charge < -0.3 is 19.5 Å². The molecular formula is C23H27ClF2N2O6. The van der Waals surface area contributed by atoms with Crippen molar-refractivity contribution in [3.05, 3.63) is 28.8 Å². The molecule has 2 saturated heterocycles. The molecule has 11 heteroatoms. The van der Waals surface area contributed by atoms with Gasteiger partial charge >= 0.3 is 6.09 Å². The van der Waals surface area contributed by atoms with E-state index < -0.39 is 63.0 Å². The summed E-state index contributed by atoms with van der Waals surface area (Å²) in [5.74, 6) is -5.52. The Balaban J connectivity index is 1.98. The number of carboxylic acid groups (broad SMARTS) is 1. The third-order valence-corrected chi connectivity index (χ3v) is 7.27. The van der Waals surface area contributed by atoms with E-state index in [2.05, 4.69) is 0 Å². The number of hydrogen-bond donors (Lipinski definition) is 1. The quantitative estimate of drug-likeness (QED) is 0.625. The number of halogens is 3. The summed E-state index contributed by atoms with van der Waals surface area (Å²) >= 11 is 5.84. The molecule has 0 radical (unpaired) electrons. The monoisotopic (exact) mass is 500 g/mol. The van der Waals surface area contributed by atoms with E-state index in [-0.39, 0.29) is 11.6 Å². The Kier molecular flexibility index (Phi) is 5.36. The molecule has 0 unspecified atom stereocenters. The van der Waals surface area contributed by atoms with E-state index in [4.69, 9.17) is 21.1 Å². The Morgan fingerprint density at radius 3 is 2.29 bits per heavy atom. The van der Waals surface area contributed by atoms with E-state index in [0.717, 1.165) is 11.0 Å². The largest absolute Gasteiger partial charge is 0.465 e. The molecule has 4 rings (SSSR count). The van der Waals surface area contributed by atoms with Crippen molar-refractivity contribution in [1.82, 2.24) is 4.90 Å². The SMILES string of the molecule is CN(C(=O)[C@]1(C(C)(C)C)[C@@H]2OC(C)(C)O[C@]2(C2CC2)C(=O)N1C(=O)O)c1cc(Cl)c(F)cc1F. The maximum Gasteiger partial charge on any atom is 0.415 e. The van der Waals surface area contributed by atoms with Crippen molar-refractivity contribution in [2.45, 2.75) is 70.5 Å². The van der Waals surface area contributed by atoms with Crippen molar-refractivity contribution in [3.63, 3.8) is 0 Å². The molecule has 1 N–H and O–H groups in total. The molecule has 0 bridgehead atoms. The van der Waals surface area contributed by atoms with Crippen LogP contribution in [0.1, 0.15) is 47.5 Å². The first-order chi connectivity index (χ1) is 15.5. The van der Waals surface area contributed by atoms with Gasteiger partial charge in [-0.15, -0.1) is 0 Å². The van der Waals surface area contributed by atoms with Gasteiger partial charge in [0.2, 0.25) is 0 Å². The molecule has 1 saturated carbocycles. The van der Waals surface area contributed by atoms with Gasteiger partial charge in [0.1, 0.15) is 17.7 Å². The van der Waals surface area contributed by atoms with Crippen LogP contribution in [0.15, 0.2) is 12.1 Å². The van der Waals surface area contributed by atoms with Crippen molar-refractivity contribution in [2.24, 2.45) is 11.3 Å². The Labute approximate surface area is 200 Å². The van der Waals surface area contributed by atoms with Gasteiger partial charge in [0.05, 0.1) is 10.7 Å². The molecule has 3 aliphatic rings. The van der Waals surface area contributed by atoms with Crippen LogP contribution in [0, 0.1) is 23.0 Å². The predicted octanol–water partition coefficient (Wildman–Crippen LogP) is 4.19. The molecule has 3 atom stereocenters. The number of likely N-dealkylation sites (tertiary alicyclic amines) is 1. The van der Waals surface area contributed by atoms with Gasteiger partial charge in [-0.05, 0) is 44.1 Å². The molecule has 0 spiro atoms. The number of hydrogen-bond acceptors (Lipinski definition) is 5. The maximum atomic E-state index is 14.7. The van der Waals surface area contributed by atoms with Gasteiger partial charge in [-0.1, -0.05) is 32.4 Å². The number of imide groups is 1. The summed E-state index contributed by atoms with van der Waals surface area (Å²) in [5, 5.41) is 9.78. The summed E-state index contributed by atoms with van der Waals surface area (Å²) in [6, 6.07) is 1.47. The van der Waals surface area contributed by atoms with Crippen molar-refractivity contribution < 1.29 is 37.7 Å². The van der Waals surface area contributed by atoms with Crippen LogP contribution in [-0.4, -0.2) is 58.0 Å². The lowest BCUT2D eigenvalue weighted by atomic mass is 9.66. The van der Waals surface area contributed by atoms with Gasteiger partial charge in [0, 0.05) is 13.1 Å². The molecule has 3 amide bonds. The van der Waals surface area contributed by atoms with Crippen LogP contribution in [0.2, 0.25) is 5.02 Å². The Morgan fingerprint density at radius 1 is 1.21 bits per heavy atom. The summed E-state index contributed by atoms with van der Waals surface area (Å²) in [5.41, 5.74) is -5.42. The van der Waals surface area contributed by atoms with E-state index in [1.807, 2.05) is 0 Å². The zero-order chi connectivity index (χ0) is 25.6. The average Bonchev–Trinajstić information content (AvgIpc) is 3.46. The highest BCUT2D eigenvalue weighted by Gasteiger charge is 2.83. The maximum absolute atomic E-state index is 14.7. The number of likely N-dealkylation sites (N-methyl/N-ethyl adjacent to an activating group) is 1. The predicted molar refractivity (Wildman–Crippen MR) is 117 cm³/mol. The van der Waals surface area contributed by atoms with Crippen LogP contribution >= 0.6 is 11.6 Å². The lowest BCUT2D eigenvalue weighted by Gasteiger charge is -2.48. The molecule has 186 valence electrons. The number of anilines is 1. The molecule has 2 aliphatic heterocycles. The first-order valence-electron chi connectivity index (χ1n) is 10.9. The van der Waals surface area contributed by atoms with Crippen molar-refractivity contribution in [2.75, 3.05) is 11.9 Å².